The number of hydrogen-bond acceptors (Lipinski definition) is 3. The fourth-order valence-corrected chi connectivity index (χ4v) is 1.27. The van der Waals surface area contributed by atoms with Crippen molar-refractivity contribution in [2.24, 2.45) is 0 Å². The van der Waals surface area contributed by atoms with Gasteiger partial charge in [0.25, 0.3) is 0 Å². The van der Waals surface area contributed by atoms with E-state index in [0.717, 1.165) is 17.2 Å². The van der Waals surface area contributed by atoms with E-state index in [-0.39, 0.29) is 0 Å². The van der Waals surface area contributed by atoms with Crippen LogP contribution in [0.4, 0.5) is 5.69 Å². The van der Waals surface area contributed by atoms with Gasteiger partial charge in [-0.1, -0.05) is 18.2 Å². The van der Waals surface area contributed by atoms with E-state index in [1.165, 1.54) is 6.20 Å². The zero-order chi connectivity index (χ0) is 9.26. The van der Waals surface area contributed by atoms with E-state index in [9.17, 15) is 4.79 Å². The lowest BCUT2D eigenvalue weighted by atomic mass is 10.1. The molecule has 1 heterocycles. The number of rotatable bonds is 1. The molecule has 0 radical (unpaired) electrons. The number of nitrogens with zero attached hydrogens (tertiary/aromatic N) is 1. The van der Waals surface area contributed by atoms with E-state index < -0.39 is 0 Å². The summed E-state index contributed by atoms with van der Waals surface area (Å²) in [5, 5.41) is 0.826. The number of nitrogens with two attached hydrogens (primary N) is 1. The summed E-state index contributed by atoms with van der Waals surface area (Å²) in [6.07, 6.45) is 2.21. The molecule has 2 rings (SSSR count). The molecule has 1 aromatic heterocycles. The van der Waals surface area contributed by atoms with Crippen molar-refractivity contribution in [3.8, 4) is 0 Å². The van der Waals surface area contributed by atoms with Gasteiger partial charge in [-0.05, 0) is 6.07 Å². The first-order valence-corrected chi connectivity index (χ1v) is 3.91. The molecule has 0 aliphatic rings. The molecule has 0 fully saturated rings. The number of para-hydroxylation sites is 1. The third-order valence-corrected chi connectivity index (χ3v) is 1.97. The van der Waals surface area contributed by atoms with Crippen molar-refractivity contribution >= 4 is 22.9 Å². The van der Waals surface area contributed by atoms with E-state index >= 15 is 0 Å². The minimum absolute atomic E-state index is 0.443. The Hall–Kier alpha value is -1.90. The lowest BCUT2D eigenvalue weighted by Crippen LogP contribution is -1.95. The largest absolute Gasteiger partial charge is 0.398 e. The molecule has 0 saturated heterocycles. The predicted molar refractivity (Wildman–Crippen MR) is 51.5 cm³/mol. The summed E-state index contributed by atoms with van der Waals surface area (Å²) in [7, 11) is 0. The van der Waals surface area contributed by atoms with Gasteiger partial charge in [-0.2, -0.15) is 0 Å². The Balaban J connectivity index is 2.86. The van der Waals surface area contributed by atoms with Crippen LogP contribution in [0.5, 0.6) is 0 Å². The maximum Gasteiger partial charge on any atom is 0.153 e. The highest BCUT2D eigenvalue weighted by Crippen LogP contribution is 2.20. The second-order valence-electron chi connectivity index (χ2n) is 2.76. The number of carbonyl (C=O) groups is 1. The summed E-state index contributed by atoms with van der Waals surface area (Å²) < 4.78 is 0. The topological polar surface area (TPSA) is 56.0 Å². The van der Waals surface area contributed by atoms with Crippen LogP contribution in [-0.4, -0.2) is 11.3 Å². The van der Waals surface area contributed by atoms with Gasteiger partial charge in [0.1, 0.15) is 0 Å². The second-order valence-corrected chi connectivity index (χ2v) is 2.76. The van der Waals surface area contributed by atoms with E-state index in [2.05, 4.69) is 4.98 Å². The summed E-state index contributed by atoms with van der Waals surface area (Å²) in [5.74, 6) is 0. The average molecular weight is 172 g/mol. The molecule has 0 aliphatic carbocycles. The second kappa shape index (κ2) is 2.86. The summed E-state index contributed by atoms with van der Waals surface area (Å²) in [6, 6.07) is 7.47. The summed E-state index contributed by atoms with van der Waals surface area (Å²) >= 11 is 0. The van der Waals surface area contributed by atoms with Crippen molar-refractivity contribution in [1.29, 1.82) is 0 Å². The van der Waals surface area contributed by atoms with Crippen molar-refractivity contribution in [3.05, 3.63) is 36.0 Å². The smallest absolute Gasteiger partial charge is 0.153 e. The molecule has 2 N–H and O–H groups in total. The van der Waals surface area contributed by atoms with E-state index in [1.807, 2.05) is 24.3 Å². The third-order valence-electron chi connectivity index (χ3n) is 1.97. The minimum atomic E-state index is 0.443. The number of carbonyl (C=O) groups excluding carboxylic acids is 1. The Morgan fingerprint density at radius 3 is 2.85 bits per heavy atom. The highest BCUT2D eigenvalue weighted by Gasteiger charge is 2.02. The molecule has 3 heteroatoms. The van der Waals surface area contributed by atoms with Gasteiger partial charge in [0.15, 0.2) is 6.29 Å². The van der Waals surface area contributed by atoms with Gasteiger partial charge in [-0.3, -0.25) is 9.78 Å². The molecule has 0 amide bonds. The number of benzene rings is 1. The normalized spacial score (nSPS) is 10.2. The van der Waals surface area contributed by atoms with Crippen LogP contribution >= 0.6 is 0 Å². The Morgan fingerprint density at radius 2 is 2.08 bits per heavy atom. The number of fused-ring (bicyclic) bond motifs is 1. The van der Waals surface area contributed by atoms with Gasteiger partial charge < -0.3 is 5.73 Å². The fourth-order valence-electron chi connectivity index (χ4n) is 1.27. The first-order valence-electron chi connectivity index (χ1n) is 3.91. The molecule has 1 aromatic carbocycles. The highest BCUT2D eigenvalue weighted by atomic mass is 16.1. The van der Waals surface area contributed by atoms with Crippen molar-refractivity contribution in [2.45, 2.75) is 0 Å². The zero-order valence-electron chi connectivity index (χ0n) is 6.90. The van der Waals surface area contributed by atoms with Crippen LogP contribution in [0.15, 0.2) is 30.5 Å². The monoisotopic (exact) mass is 172 g/mol. The van der Waals surface area contributed by atoms with Gasteiger partial charge in [0, 0.05) is 11.6 Å². The summed E-state index contributed by atoms with van der Waals surface area (Å²) in [6.45, 7) is 0. The minimum Gasteiger partial charge on any atom is -0.398 e. The van der Waals surface area contributed by atoms with Gasteiger partial charge in [-0.25, -0.2) is 0 Å². The standard InChI is InChI=1S/C10H8N2O/c11-10-7(6-13)5-12-9-4-2-1-3-8(9)10/h1-6H,(H2,11,12). The average Bonchev–Trinajstić information content (AvgIpc) is 2.19. The molecular weight excluding hydrogens is 164 g/mol. The Kier molecular flexibility index (Phi) is 1.70. The molecule has 0 atom stereocenters. The number of pyridine rings is 1. The molecule has 2 aromatic rings. The maximum atomic E-state index is 10.6. The summed E-state index contributed by atoms with van der Waals surface area (Å²) in [5.41, 5.74) is 7.51. The third kappa shape index (κ3) is 1.14. The molecule has 0 saturated carbocycles. The van der Waals surface area contributed by atoms with Crippen LogP contribution in [-0.2, 0) is 0 Å². The lowest BCUT2D eigenvalue weighted by Gasteiger charge is -2.02. The summed E-state index contributed by atoms with van der Waals surface area (Å²) in [4.78, 5) is 14.7. The predicted octanol–water partition coefficient (Wildman–Crippen LogP) is 1.63. The Bertz CT molecular complexity index is 465. The fraction of sp³-hybridized carbons (Fsp3) is 0. The molecule has 0 aliphatic heterocycles. The van der Waals surface area contributed by atoms with Gasteiger partial charge >= 0.3 is 0 Å². The van der Waals surface area contributed by atoms with Crippen molar-refractivity contribution in [2.75, 3.05) is 5.73 Å². The van der Waals surface area contributed by atoms with E-state index in [0.29, 0.717) is 11.3 Å². The van der Waals surface area contributed by atoms with E-state index in [4.69, 9.17) is 5.73 Å². The number of anilines is 1. The van der Waals surface area contributed by atoms with Crippen LogP contribution in [0.1, 0.15) is 10.4 Å². The number of nitrogen functional groups attached to an aromatic ring is 1. The molecular formula is C10H8N2O. The van der Waals surface area contributed by atoms with Crippen molar-refractivity contribution in [1.82, 2.24) is 4.98 Å². The molecule has 0 bridgehead atoms. The first kappa shape index (κ1) is 7.73. The van der Waals surface area contributed by atoms with Crippen LogP contribution in [0.3, 0.4) is 0 Å². The van der Waals surface area contributed by atoms with Gasteiger partial charge in [0.05, 0.1) is 16.8 Å². The first-order chi connectivity index (χ1) is 6.33. The lowest BCUT2D eigenvalue weighted by molar-refractivity contribution is 0.112. The van der Waals surface area contributed by atoms with Gasteiger partial charge in [0.2, 0.25) is 0 Å². The van der Waals surface area contributed by atoms with Crippen LogP contribution in [0.2, 0.25) is 0 Å². The molecule has 0 spiro atoms. The number of aldehydes is 1. The van der Waals surface area contributed by atoms with Gasteiger partial charge in [-0.15, -0.1) is 0 Å². The van der Waals surface area contributed by atoms with E-state index in [1.54, 1.807) is 0 Å². The molecule has 13 heavy (non-hydrogen) atoms. The SMILES string of the molecule is Nc1c(C=O)cnc2ccccc12. The van der Waals surface area contributed by atoms with Crippen molar-refractivity contribution < 1.29 is 4.79 Å². The molecule has 3 nitrogen and oxygen atoms in total. The Labute approximate surface area is 75.2 Å². The van der Waals surface area contributed by atoms with Crippen LogP contribution in [0, 0.1) is 0 Å². The molecule has 0 unspecified atom stereocenters. The van der Waals surface area contributed by atoms with Crippen molar-refractivity contribution in [3.63, 3.8) is 0 Å². The quantitative estimate of drug-likeness (QED) is 0.665. The van der Waals surface area contributed by atoms with Crippen LogP contribution < -0.4 is 5.73 Å². The van der Waals surface area contributed by atoms with Crippen LogP contribution in [0.25, 0.3) is 10.9 Å². The molecule has 64 valence electrons. The highest BCUT2D eigenvalue weighted by molar-refractivity contribution is 5.98. The Morgan fingerprint density at radius 1 is 1.31 bits per heavy atom. The number of aromatic nitrogens is 1. The zero-order valence-corrected chi connectivity index (χ0v) is 6.90. The number of hydrogen-bond donors (Lipinski definition) is 1. The maximum absolute atomic E-state index is 10.6.